The zero-order valence-corrected chi connectivity index (χ0v) is 10.8. The number of fused-ring (bicyclic) bond motifs is 1. The lowest BCUT2D eigenvalue weighted by Crippen LogP contribution is -2.29. The van der Waals surface area contributed by atoms with E-state index >= 15 is 0 Å². The van der Waals surface area contributed by atoms with Crippen molar-refractivity contribution in [3.8, 4) is 5.75 Å². The van der Waals surface area contributed by atoms with Crippen molar-refractivity contribution in [2.75, 3.05) is 7.11 Å². The fraction of sp³-hybridized carbons (Fsp3) is 0.571. The van der Waals surface area contributed by atoms with Crippen LogP contribution in [0.3, 0.4) is 0 Å². The second-order valence-corrected chi connectivity index (χ2v) is 4.49. The van der Waals surface area contributed by atoms with Crippen LogP contribution < -0.4 is 10.2 Å². The molecule has 2 rings (SSSR count). The van der Waals surface area contributed by atoms with Crippen LogP contribution in [-0.2, 0) is 11.3 Å². The Balaban J connectivity index is 2.27. The first-order chi connectivity index (χ1) is 8.30. The SMILES string of the molecule is CCCc1ccc2c(c1)C(NOC)C(CC)O2. The molecule has 0 saturated heterocycles. The third-order valence-corrected chi connectivity index (χ3v) is 3.25. The van der Waals surface area contributed by atoms with Gasteiger partial charge in [0.05, 0.1) is 13.2 Å². The Bertz CT molecular complexity index is 378. The fourth-order valence-corrected chi connectivity index (χ4v) is 2.41. The summed E-state index contributed by atoms with van der Waals surface area (Å²) in [5.74, 6) is 0.992. The average Bonchev–Trinajstić information content (AvgIpc) is 2.68. The molecule has 2 unspecified atom stereocenters. The van der Waals surface area contributed by atoms with Crippen molar-refractivity contribution < 1.29 is 9.57 Å². The normalized spacial score (nSPS) is 22.3. The van der Waals surface area contributed by atoms with Gasteiger partial charge in [0, 0.05) is 5.56 Å². The standard InChI is InChI=1S/C14H21NO2/c1-4-6-10-7-8-13-11(9-10)14(15-16-3)12(5-2)17-13/h7-9,12,14-15H,4-6H2,1-3H3. The van der Waals surface area contributed by atoms with E-state index in [0.717, 1.165) is 18.6 Å². The van der Waals surface area contributed by atoms with Crippen LogP contribution in [0.5, 0.6) is 5.75 Å². The second-order valence-electron chi connectivity index (χ2n) is 4.49. The van der Waals surface area contributed by atoms with Crippen molar-refractivity contribution in [3.63, 3.8) is 0 Å². The summed E-state index contributed by atoms with van der Waals surface area (Å²) in [6.45, 7) is 4.33. The molecular weight excluding hydrogens is 214 g/mol. The van der Waals surface area contributed by atoms with Gasteiger partial charge in [-0.25, -0.2) is 0 Å². The van der Waals surface area contributed by atoms with Crippen LogP contribution in [0.1, 0.15) is 43.9 Å². The molecule has 0 fully saturated rings. The van der Waals surface area contributed by atoms with Crippen molar-refractivity contribution >= 4 is 0 Å². The number of hydrogen-bond acceptors (Lipinski definition) is 3. The first-order valence-corrected chi connectivity index (χ1v) is 6.38. The largest absolute Gasteiger partial charge is 0.488 e. The summed E-state index contributed by atoms with van der Waals surface area (Å²) in [7, 11) is 1.65. The van der Waals surface area contributed by atoms with E-state index in [1.807, 2.05) is 0 Å². The summed E-state index contributed by atoms with van der Waals surface area (Å²) < 4.78 is 5.91. The molecule has 1 aliphatic heterocycles. The molecular formula is C14H21NO2. The van der Waals surface area contributed by atoms with Gasteiger partial charge < -0.3 is 9.57 Å². The summed E-state index contributed by atoms with van der Waals surface area (Å²) in [6, 6.07) is 6.63. The van der Waals surface area contributed by atoms with E-state index in [4.69, 9.17) is 9.57 Å². The summed E-state index contributed by atoms with van der Waals surface area (Å²) >= 11 is 0. The third kappa shape index (κ3) is 2.45. The van der Waals surface area contributed by atoms with Crippen LogP contribution in [0.25, 0.3) is 0 Å². The number of ether oxygens (including phenoxy) is 1. The highest BCUT2D eigenvalue weighted by Crippen LogP contribution is 2.38. The van der Waals surface area contributed by atoms with Gasteiger partial charge in [0.2, 0.25) is 0 Å². The summed E-state index contributed by atoms with van der Waals surface area (Å²) in [4.78, 5) is 5.08. The monoisotopic (exact) mass is 235 g/mol. The van der Waals surface area contributed by atoms with Crippen LogP contribution in [0.15, 0.2) is 18.2 Å². The lowest BCUT2D eigenvalue weighted by atomic mass is 9.99. The Morgan fingerprint density at radius 2 is 2.18 bits per heavy atom. The molecule has 0 bridgehead atoms. The van der Waals surface area contributed by atoms with Gasteiger partial charge in [-0.1, -0.05) is 32.4 Å². The van der Waals surface area contributed by atoms with Crippen LogP contribution in [0, 0.1) is 0 Å². The summed E-state index contributed by atoms with van der Waals surface area (Å²) in [6.07, 6.45) is 3.42. The van der Waals surface area contributed by atoms with E-state index in [9.17, 15) is 0 Å². The highest BCUT2D eigenvalue weighted by atomic mass is 16.6. The van der Waals surface area contributed by atoms with Gasteiger partial charge in [0.1, 0.15) is 11.9 Å². The quantitative estimate of drug-likeness (QED) is 0.796. The fourth-order valence-electron chi connectivity index (χ4n) is 2.41. The summed E-state index contributed by atoms with van der Waals surface area (Å²) in [5, 5.41) is 0. The van der Waals surface area contributed by atoms with E-state index in [1.54, 1.807) is 7.11 Å². The number of nitrogens with one attached hydrogen (secondary N) is 1. The highest BCUT2D eigenvalue weighted by Gasteiger charge is 2.33. The number of hydrogen-bond donors (Lipinski definition) is 1. The highest BCUT2D eigenvalue weighted by molar-refractivity contribution is 5.43. The maximum atomic E-state index is 5.91. The molecule has 2 atom stereocenters. The van der Waals surface area contributed by atoms with Gasteiger partial charge in [0.15, 0.2) is 0 Å². The number of aryl methyl sites for hydroxylation is 1. The van der Waals surface area contributed by atoms with Crippen LogP contribution >= 0.6 is 0 Å². The van der Waals surface area contributed by atoms with Crippen LogP contribution in [0.2, 0.25) is 0 Å². The molecule has 0 saturated carbocycles. The molecule has 1 heterocycles. The molecule has 3 heteroatoms. The number of benzene rings is 1. The Kier molecular flexibility index (Phi) is 4.02. The first kappa shape index (κ1) is 12.4. The van der Waals surface area contributed by atoms with E-state index in [1.165, 1.54) is 17.5 Å². The van der Waals surface area contributed by atoms with Crippen molar-refractivity contribution in [1.29, 1.82) is 0 Å². The summed E-state index contributed by atoms with van der Waals surface area (Å²) in [5.41, 5.74) is 5.64. The van der Waals surface area contributed by atoms with Crippen molar-refractivity contribution in [2.24, 2.45) is 0 Å². The molecule has 0 aliphatic carbocycles. The Morgan fingerprint density at radius 3 is 2.82 bits per heavy atom. The average molecular weight is 235 g/mol. The predicted molar refractivity (Wildman–Crippen MR) is 68.0 cm³/mol. The maximum Gasteiger partial charge on any atom is 0.124 e. The van der Waals surface area contributed by atoms with E-state index in [0.29, 0.717) is 0 Å². The second kappa shape index (κ2) is 5.52. The van der Waals surface area contributed by atoms with Gasteiger partial charge in [-0.3, -0.25) is 0 Å². The van der Waals surface area contributed by atoms with Gasteiger partial charge in [-0.15, -0.1) is 0 Å². The Labute approximate surface area is 103 Å². The van der Waals surface area contributed by atoms with Gasteiger partial charge >= 0.3 is 0 Å². The zero-order chi connectivity index (χ0) is 12.3. The lowest BCUT2D eigenvalue weighted by Gasteiger charge is -2.17. The molecule has 1 aliphatic rings. The lowest BCUT2D eigenvalue weighted by molar-refractivity contribution is 0.0283. The van der Waals surface area contributed by atoms with Crippen molar-refractivity contribution in [2.45, 2.75) is 45.3 Å². The minimum atomic E-state index is 0.150. The van der Waals surface area contributed by atoms with E-state index < -0.39 is 0 Å². The molecule has 0 spiro atoms. The molecule has 0 amide bonds. The molecule has 94 valence electrons. The van der Waals surface area contributed by atoms with Crippen molar-refractivity contribution in [3.05, 3.63) is 29.3 Å². The van der Waals surface area contributed by atoms with Gasteiger partial charge in [-0.05, 0) is 24.5 Å². The Hall–Kier alpha value is -1.06. The topological polar surface area (TPSA) is 30.5 Å². The zero-order valence-electron chi connectivity index (χ0n) is 10.8. The van der Waals surface area contributed by atoms with Gasteiger partial charge in [0.25, 0.3) is 0 Å². The first-order valence-electron chi connectivity index (χ1n) is 6.38. The molecule has 1 N–H and O–H groups in total. The number of rotatable bonds is 5. The molecule has 0 aromatic heterocycles. The molecule has 17 heavy (non-hydrogen) atoms. The maximum absolute atomic E-state index is 5.91. The number of hydroxylamine groups is 1. The molecule has 1 aromatic carbocycles. The third-order valence-electron chi connectivity index (χ3n) is 3.25. The molecule has 1 aromatic rings. The minimum absolute atomic E-state index is 0.150. The van der Waals surface area contributed by atoms with Crippen LogP contribution in [0.4, 0.5) is 0 Å². The molecule has 3 nitrogen and oxygen atoms in total. The van der Waals surface area contributed by atoms with Gasteiger partial charge in [-0.2, -0.15) is 5.48 Å². The van der Waals surface area contributed by atoms with E-state index in [-0.39, 0.29) is 12.1 Å². The minimum Gasteiger partial charge on any atom is -0.488 e. The van der Waals surface area contributed by atoms with Crippen LogP contribution in [-0.4, -0.2) is 13.2 Å². The Morgan fingerprint density at radius 1 is 1.35 bits per heavy atom. The van der Waals surface area contributed by atoms with E-state index in [2.05, 4.69) is 37.5 Å². The molecule has 0 radical (unpaired) electrons. The van der Waals surface area contributed by atoms with Crippen molar-refractivity contribution in [1.82, 2.24) is 5.48 Å². The smallest absolute Gasteiger partial charge is 0.124 e. The predicted octanol–water partition coefficient (Wildman–Crippen LogP) is 3.00.